The normalized spacial score (nSPS) is 20.9. The van der Waals surface area contributed by atoms with Crippen LogP contribution in [0.15, 0.2) is 36.4 Å². The highest BCUT2D eigenvalue weighted by molar-refractivity contribution is 5.91. The second-order valence-electron chi connectivity index (χ2n) is 14.7. The topological polar surface area (TPSA) is 105 Å². The number of nitrogen functional groups attached to an aromatic ring is 1. The van der Waals surface area contributed by atoms with E-state index in [1.54, 1.807) is 14.7 Å². The quantitative estimate of drug-likeness (QED) is 0.299. The van der Waals surface area contributed by atoms with E-state index in [4.69, 9.17) is 5.73 Å². The molecule has 0 aliphatic carbocycles. The van der Waals surface area contributed by atoms with Crippen molar-refractivity contribution in [1.29, 1.82) is 0 Å². The fourth-order valence-electron chi connectivity index (χ4n) is 8.23. The number of benzene rings is 2. The molecule has 4 amide bonds. The molecule has 3 saturated heterocycles. The number of nitrogens with one attached hydrogen (secondary N) is 1. The van der Waals surface area contributed by atoms with Gasteiger partial charge < -0.3 is 30.7 Å². The zero-order valence-corrected chi connectivity index (χ0v) is 29.8. The molecule has 4 aliphatic heterocycles. The summed E-state index contributed by atoms with van der Waals surface area (Å²) in [6, 6.07) is 8.61. The monoisotopic (exact) mass is 751 g/mol. The van der Waals surface area contributed by atoms with Crippen LogP contribution in [0.2, 0.25) is 0 Å². The molecule has 4 heterocycles. The lowest BCUT2D eigenvalue weighted by molar-refractivity contribution is -0.143. The first kappa shape index (κ1) is 38.7. The third kappa shape index (κ3) is 9.02. The van der Waals surface area contributed by atoms with Gasteiger partial charge in [-0.25, -0.2) is 4.79 Å². The second kappa shape index (κ2) is 15.7. The number of halogens is 6. The van der Waals surface area contributed by atoms with Crippen LogP contribution in [-0.2, 0) is 34.8 Å². The molecule has 2 aromatic rings. The van der Waals surface area contributed by atoms with Crippen molar-refractivity contribution < 1.29 is 40.7 Å². The third-order valence-electron chi connectivity index (χ3n) is 11.3. The molecule has 0 spiro atoms. The van der Waals surface area contributed by atoms with Crippen molar-refractivity contribution in [2.45, 2.75) is 69.4 Å². The minimum atomic E-state index is -5.17. The summed E-state index contributed by atoms with van der Waals surface area (Å²) in [4.78, 5) is 50.6. The number of nitrogens with two attached hydrogens (primary N) is 1. The molecule has 290 valence electrons. The number of rotatable bonds is 7. The molecule has 1 atom stereocenters. The smallest absolute Gasteiger partial charge is 0.398 e. The highest BCUT2D eigenvalue weighted by atomic mass is 19.4. The van der Waals surface area contributed by atoms with Crippen molar-refractivity contribution in [3.8, 4) is 0 Å². The SMILES string of the molecule is CN1CCN(C2CCN(C(=O)C(CC(=O)N3CCC(N4CCc5ccccc5NC4=O)CC3)Cc3cc(C(F)(F)F)c(N)c(C(F)(F)F)c3)CC2)CC1. The number of piperazine rings is 1. The Kier molecular flexibility index (Phi) is 11.5. The Morgan fingerprint density at radius 2 is 1.38 bits per heavy atom. The van der Waals surface area contributed by atoms with E-state index in [2.05, 4.69) is 22.2 Å². The lowest BCUT2D eigenvalue weighted by Gasteiger charge is -2.42. The number of urea groups is 1. The summed E-state index contributed by atoms with van der Waals surface area (Å²) < 4.78 is 83.5. The number of alkyl halides is 6. The predicted octanol–water partition coefficient (Wildman–Crippen LogP) is 5.17. The molecule has 53 heavy (non-hydrogen) atoms. The largest absolute Gasteiger partial charge is 0.418 e. The van der Waals surface area contributed by atoms with Crippen LogP contribution < -0.4 is 11.1 Å². The van der Waals surface area contributed by atoms with Crippen LogP contribution in [0.5, 0.6) is 0 Å². The van der Waals surface area contributed by atoms with Crippen LogP contribution in [0.25, 0.3) is 0 Å². The summed E-state index contributed by atoms with van der Waals surface area (Å²) in [6.07, 6.45) is -8.23. The Bertz CT molecular complexity index is 1610. The average Bonchev–Trinajstić information content (AvgIpc) is 3.29. The summed E-state index contributed by atoms with van der Waals surface area (Å²) in [5.74, 6) is -2.07. The van der Waals surface area contributed by atoms with Gasteiger partial charge in [-0.3, -0.25) is 14.5 Å². The van der Waals surface area contributed by atoms with E-state index in [1.165, 1.54) is 0 Å². The van der Waals surface area contributed by atoms with E-state index in [1.807, 2.05) is 24.3 Å². The minimum absolute atomic E-state index is 0.135. The van der Waals surface area contributed by atoms with Crippen molar-refractivity contribution in [2.75, 3.05) is 77.0 Å². The highest BCUT2D eigenvalue weighted by Gasteiger charge is 2.42. The summed E-state index contributed by atoms with van der Waals surface area (Å²) >= 11 is 0. The van der Waals surface area contributed by atoms with Gasteiger partial charge in [0.15, 0.2) is 0 Å². The molecular weight excluding hydrogens is 704 g/mol. The Balaban J connectivity index is 1.16. The van der Waals surface area contributed by atoms with Crippen molar-refractivity contribution >= 4 is 29.2 Å². The number of likely N-dealkylation sites (tertiary alicyclic amines) is 2. The maximum atomic E-state index is 14.1. The molecule has 16 heteroatoms. The lowest BCUT2D eigenvalue weighted by atomic mass is 9.90. The molecule has 0 saturated carbocycles. The zero-order chi connectivity index (χ0) is 38.1. The number of hydrogen-bond acceptors (Lipinski definition) is 6. The third-order valence-corrected chi connectivity index (χ3v) is 11.3. The lowest BCUT2D eigenvalue weighted by Crippen LogP contribution is -2.53. The van der Waals surface area contributed by atoms with E-state index < -0.39 is 53.3 Å². The van der Waals surface area contributed by atoms with Crippen LogP contribution in [0, 0.1) is 5.92 Å². The first-order chi connectivity index (χ1) is 25.1. The number of likely N-dealkylation sites (N-methyl/N-ethyl adjacent to an activating group) is 1. The molecular formula is C37H47F6N7O3. The minimum Gasteiger partial charge on any atom is -0.398 e. The van der Waals surface area contributed by atoms with Gasteiger partial charge in [0.05, 0.1) is 22.7 Å². The standard InChI is InChI=1S/C37H47F6N7O3/c1-46-16-18-47(19-17-46)27-7-13-49(14-8-27)34(52)26(20-24-21-29(36(38,39)40)33(44)30(22-24)37(41,42)43)23-32(51)48-11-9-28(10-12-48)50-15-6-25-4-2-3-5-31(25)45-35(50)53/h2-5,21-22,26-28H,6-20,23,44H2,1H3,(H,45,53). The van der Waals surface area contributed by atoms with Crippen LogP contribution in [0.3, 0.4) is 0 Å². The van der Waals surface area contributed by atoms with Gasteiger partial charge >= 0.3 is 18.4 Å². The Hall–Kier alpha value is -4.05. The van der Waals surface area contributed by atoms with E-state index >= 15 is 0 Å². The molecule has 1 unspecified atom stereocenters. The first-order valence-electron chi connectivity index (χ1n) is 18.3. The van der Waals surface area contributed by atoms with E-state index in [9.17, 15) is 40.7 Å². The van der Waals surface area contributed by atoms with Gasteiger partial charge in [-0.05, 0) is 74.9 Å². The molecule has 10 nitrogen and oxygen atoms in total. The number of piperidine rings is 2. The number of anilines is 2. The average molecular weight is 752 g/mol. The Morgan fingerprint density at radius 3 is 1.98 bits per heavy atom. The van der Waals surface area contributed by atoms with Gasteiger partial charge in [-0.15, -0.1) is 0 Å². The summed E-state index contributed by atoms with van der Waals surface area (Å²) in [5.41, 5.74) is 2.12. The number of nitrogens with zero attached hydrogens (tertiary/aromatic N) is 5. The van der Waals surface area contributed by atoms with Crippen LogP contribution in [0.4, 0.5) is 42.5 Å². The van der Waals surface area contributed by atoms with Gasteiger partial charge in [0, 0.05) is 83.1 Å². The highest BCUT2D eigenvalue weighted by Crippen LogP contribution is 2.42. The van der Waals surface area contributed by atoms with Crippen LogP contribution >= 0.6 is 0 Å². The summed E-state index contributed by atoms with van der Waals surface area (Å²) in [7, 11) is 2.06. The number of fused-ring (bicyclic) bond motifs is 1. The molecule has 4 aliphatic rings. The molecule has 0 aromatic heterocycles. The maximum Gasteiger partial charge on any atom is 0.418 e. The van der Waals surface area contributed by atoms with Gasteiger partial charge in [0.2, 0.25) is 11.8 Å². The fraction of sp³-hybridized carbons (Fsp3) is 0.595. The molecule has 0 radical (unpaired) electrons. The number of para-hydroxylation sites is 1. The summed E-state index contributed by atoms with van der Waals surface area (Å²) in [5, 5.41) is 2.96. The zero-order valence-electron chi connectivity index (χ0n) is 29.8. The van der Waals surface area contributed by atoms with Crippen molar-refractivity contribution in [3.05, 3.63) is 58.7 Å². The van der Waals surface area contributed by atoms with Crippen LogP contribution in [-0.4, -0.2) is 120 Å². The van der Waals surface area contributed by atoms with Crippen molar-refractivity contribution in [2.24, 2.45) is 5.92 Å². The number of carbonyl (C=O) groups excluding carboxylic acids is 3. The molecule has 6 rings (SSSR count). The van der Waals surface area contributed by atoms with Gasteiger partial charge in [0.1, 0.15) is 0 Å². The Labute approximate surface area is 305 Å². The molecule has 3 N–H and O–H groups in total. The van der Waals surface area contributed by atoms with E-state index in [-0.39, 0.29) is 43.2 Å². The molecule has 0 bridgehead atoms. The summed E-state index contributed by atoms with van der Waals surface area (Å²) in [6.45, 7) is 5.49. The van der Waals surface area contributed by atoms with E-state index in [0.29, 0.717) is 63.9 Å². The van der Waals surface area contributed by atoms with Gasteiger partial charge in [0.25, 0.3) is 0 Å². The van der Waals surface area contributed by atoms with E-state index in [0.717, 1.165) is 37.4 Å². The number of amides is 4. The van der Waals surface area contributed by atoms with Gasteiger partial charge in [-0.2, -0.15) is 26.3 Å². The Morgan fingerprint density at radius 1 is 0.811 bits per heavy atom. The number of hydrogen-bond donors (Lipinski definition) is 2. The van der Waals surface area contributed by atoms with Crippen molar-refractivity contribution in [3.63, 3.8) is 0 Å². The molecule has 3 fully saturated rings. The maximum absolute atomic E-state index is 14.1. The first-order valence-corrected chi connectivity index (χ1v) is 18.3. The van der Waals surface area contributed by atoms with Gasteiger partial charge in [-0.1, -0.05) is 18.2 Å². The predicted molar refractivity (Wildman–Crippen MR) is 187 cm³/mol. The molecule has 2 aromatic carbocycles. The number of carbonyl (C=O) groups is 3. The van der Waals surface area contributed by atoms with Crippen LogP contribution in [0.1, 0.15) is 54.4 Å². The second-order valence-corrected chi connectivity index (χ2v) is 14.7. The fourth-order valence-corrected chi connectivity index (χ4v) is 8.23. The van der Waals surface area contributed by atoms with Crippen molar-refractivity contribution in [1.82, 2.24) is 24.5 Å².